The number of rotatable bonds is 58. The van der Waals surface area contributed by atoms with E-state index < -0.39 is 26.6 Å². The molecule has 0 aliphatic carbocycles. The lowest BCUT2D eigenvalue weighted by atomic mass is 10.0. The maximum absolute atomic E-state index is 13.5. The van der Waals surface area contributed by atoms with Gasteiger partial charge in [-0.15, -0.1) is 0 Å². The lowest BCUT2D eigenvalue weighted by Gasteiger charge is -2.30. The molecule has 440 valence electrons. The van der Waals surface area contributed by atoms with Crippen molar-refractivity contribution in [3.8, 4) is 0 Å². The van der Waals surface area contributed by atoms with Gasteiger partial charge in [0.1, 0.15) is 19.3 Å². The molecule has 0 radical (unpaired) electrons. The summed E-state index contributed by atoms with van der Waals surface area (Å²) in [5, 5.41) is 3.03. The van der Waals surface area contributed by atoms with Gasteiger partial charge >= 0.3 is 5.97 Å². The molecule has 0 spiro atoms. The third-order valence-corrected chi connectivity index (χ3v) is 15.2. The number of hydrogen-bond donors (Lipinski definition) is 1. The number of amides is 1. The minimum absolute atomic E-state index is 0.0237. The summed E-state index contributed by atoms with van der Waals surface area (Å²) in [6.07, 6.45) is 67.9. The maximum Gasteiger partial charge on any atom is 0.306 e. The molecule has 0 aromatic rings. The van der Waals surface area contributed by atoms with Crippen LogP contribution in [0.4, 0.5) is 0 Å². The summed E-state index contributed by atoms with van der Waals surface area (Å²) in [6, 6.07) is -0.891. The Bertz CT molecular complexity index is 1420. The van der Waals surface area contributed by atoms with Crippen LogP contribution in [0.5, 0.6) is 0 Å². The predicted octanol–water partition coefficient (Wildman–Crippen LogP) is 19.0. The number of carbonyl (C=O) groups is 2. The number of unbranched alkanes of at least 4 members (excludes halogenated alkanes) is 37. The Hall–Kier alpha value is -2.03. The number of esters is 1. The first-order valence-electron chi connectivity index (χ1n) is 32.0. The second-order valence-electron chi connectivity index (χ2n) is 22.9. The van der Waals surface area contributed by atoms with Crippen LogP contribution in [-0.4, -0.2) is 69.4 Å². The lowest BCUT2D eigenvalue weighted by Crippen LogP contribution is -2.47. The Morgan fingerprint density at radius 1 is 0.467 bits per heavy atom. The van der Waals surface area contributed by atoms with Crippen molar-refractivity contribution in [2.24, 2.45) is 0 Å². The van der Waals surface area contributed by atoms with E-state index in [1.165, 1.54) is 193 Å². The van der Waals surface area contributed by atoms with Crippen molar-refractivity contribution >= 4 is 19.7 Å². The van der Waals surface area contributed by atoms with E-state index >= 15 is 0 Å². The molecule has 1 N–H and O–H groups in total. The molecule has 0 saturated heterocycles. The van der Waals surface area contributed by atoms with Crippen LogP contribution in [0.2, 0.25) is 0 Å². The summed E-state index contributed by atoms with van der Waals surface area (Å²) in [7, 11) is 1.18. The van der Waals surface area contributed by atoms with Gasteiger partial charge in [-0.25, -0.2) is 0 Å². The van der Waals surface area contributed by atoms with Crippen molar-refractivity contribution in [3.63, 3.8) is 0 Å². The van der Waals surface area contributed by atoms with Gasteiger partial charge in [0, 0.05) is 12.8 Å². The predicted molar refractivity (Wildman–Crippen MR) is 321 cm³/mol. The normalized spacial score (nSPS) is 14.0. The molecule has 0 heterocycles. The highest BCUT2D eigenvalue weighted by atomic mass is 31.2. The average Bonchev–Trinajstić information content (AvgIpc) is 3.37. The zero-order valence-electron chi connectivity index (χ0n) is 50.3. The van der Waals surface area contributed by atoms with Gasteiger partial charge < -0.3 is 28.5 Å². The summed E-state index contributed by atoms with van der Waals surface area (Å²) in [4.78, 5) is 40.0. The molecular weight excluding hydrogens is 952 g/mol. The fraction of sp³-hybridized carbons (Fsp3) is 0.846. The van der Waals surface area contributed by atoms with Crippen molar-refractivity contribution < 1.29 is 37.3 Å². The molecule has 0 aromatic heterocycles. The van der Waals surface area contributed by atoms with E-state index in [9.17, 15) is 19.0 Å². The summed E-state index contributed by atoms with van der Waals surface area (Å²) in [5.74, 6) is -0.546. The van der Waals surface area contributed by atoms with Gasteiger partial charge in [0.05, 0.1) is 33.8 Å². The van der Waals surface area contributed by atoms with Crippen LogP contribution in [-0.2, 0) is 27.9 Å². The minimum Gasteiger partial charge on any atom is -0.756 e. The van der Waals surface area contributed by atoms with Gasteiger partial charge in [-0.3, -0.25) is 14.2 Å². The number of nitrogens with zero attached hydrogens (tertiary/aromatic N) is 1. The Kier molecular flexibility index (Phi) is 53.8. The number of likely N-dealkylation sites (N-methyl/N-ethyl adjacent to an activating group) is 1. The number of nitrogens with one attached hydrogen (secondary N) is 1. The average molecular weight is 1080 g/mol. The van der Waals surface area contributed by atoms with Gasteiger partial charge in [-0.1, -0.05) is 256 Å². The molecule has 0 aliphatic heterocycles. The van der Waals surface area contributed by atoms with Crippen LogP contribution < -0.4 is 10.2 Å². The number of ether oxygens (including phenoxy) is 1. The molecule has 1 amide bonds. The highest BCUT2D eigenvalue weighted by Gasteiger charge is 2.27. The molecule has 0 aliphatic rings. The van der Waals surface area contributed by atoms with Crippen LogP contribution >= 0.6 is 7.82 Å². The summed E-state index contributed by atoms with van der Waals surface area (Å²) in [5.41, 5.74) is 0. The number of phosphoric acid groups is 1. The summed E-state index contributed by atoms with van der Waals surface area (Å²) < 4.78 is 30.3. The van der Waals surface area contributed by atoms with Gasteiger partial charge in [-0.05, 0) is 83.1 Å². The highest BCUT2D eigenvalue weighted by molar-refractivity contribution is 7.45. The molecule has 0 saturated carbocycles. The number of carbonyl (C=O) groups excluding carboxylic acids is 2. The van der Waals surface area contributed by atoms with Crippen molar-refractivity contribution in [2.45, 2.75) is 315 Å². The van der Waals surface area contributed by atoms with Crippen molar-refractivity contribution in [1.82, 2.24) is 5.32 Å². The van der Waals surface area contributed by atoms with Gasteiger partial charge in [0.15, 0.2) is 0 Å². The van der Waals surface area contributed by atoms with Crippen molar-refractivity contribution in [1.29, 1.82) is 0 Å². The standard InChI is InChI=1S/C65H123N2O7P/c1-7-10-13-16-19-22-25-27-29-30-31-32-33-34-35-36-38-39-42-45-48-51-54-57-64(68)66-62(61-73-75(70,71)72-60-59-67(4,5)6)63(56-53-50-47-44-41-24-21-18-15-12-9-3)74-65(69)58-55-52-49-46-43-40-37-28-26-23-20-17-14-11-8-2/h20,23,26-29,53,56,62-63H,7-19,21-22,24-25,30-52,54-55,57-61H2,1-6H3,(H-,66,68,70,71)/b23-20+,28-26+,29-27+,56-53-. The zero-order chi connectivity index (χ0) is 55.0. The minimum atomic E-state index is -4.70. The van der Waals surface area contributed by atoms with Crippen LogP contribution in [0.3, 0.4) is 0 Å². The van der Waals surface area contributed by atoms with Crippen LogP contribution in [0.15, 0.2) is 48.6 Å². The quantitative estimate of drug-likeness (QED) is 0.0161. The molecule has 3 unspecified atom stereocenters. The van der Waals surface area contributed by atoms with E-state index in [-0.39, 0.29) is 24.9 Å². The molecule has 0 bridgehead atoms. The Morgan fingerprint density at radius 2 is 0.813 bits per heavy atom. The molecular formula is C65H123N2O7P. The third kappa shape index (κ3) is 56.5. The maximum atomic E-state index is 13.5. The Labute approximate surface area is 465 Å². The molecule has 75 heavy (non-hydrogen) atoms. The van der Waals surface area contributed by atoms with E-state index in [4.69, 9.17) is 13.8 Å². The number of phosphoric ester groups is 1. The summed E-state index contributed by atoms with van der Waals surface area (Å²) >= 11 is 0. The van der Waals surface area contributed by atoms with Crippen molar-refractivity contribution in [3.05, 3.63) is 48.6 Å². The first-order chi connectivity index (χ1) is 36.4. The molecule has 0 aromatic carbocycles. The highest BCUT2D eigenvalue weighted by Crippen LogP contribution is 2.38. The fourth-order valence-electron chi connectivity index (χ4n) is 9.27. The van der Waals surface area contributed by atoms with E-state index in [0.717, 1.165) is 77.0 Å². The molecule has 0 rings (SSSR count). The van der Waals surface area contributed by atoms with E-state index in [2.05, 4.69) is 62.5 Å². The van der Waals surface area contributed by atoms with Gasteiger partial charge in [0.2, 0.25) is 5.91 Å². The van der Waals surface area contributed by atoms with Gasteiger partial charge in [-0.2, -0.15) is 0 Å². The van der Waals surface area contributed by atoms with Crippen LogP contribution in [0.25, 0.3) is 0 Å². The van der Waals surface area contributed by atoms with E-state index in [1.54, 1.807) is 0 Å². The van der Waals surface area contributed by atoms with Crippen molar-refractivity contribution in [2.75, 3.05) is 40.9 Å². The smallest absolute Gasteiger partial charge is 0.306 e. The molecule has 9 nitrogen and oxygen atoms in total. The van der Waals surface area contributed by atoms with Crippen LogP contribution in [0.1, 0.15) is 303 Å². The molecule has 0 fully saturated rings. The SMILES string of the molecule is CCCCC/C=C/C=C/CCCCCCCCC(=O)OC(/C=C\CCCCCCCCCCC)C(COP(=O)([O-])OCC[N+](C)(C)C)NC(=O)CCCCCCCCCCCCCCC/C=C/CCCCCCCC. The summed E-state index contributed by atoms with van der Waals surface area (Å²) in [6.45, 7) is 6.82. The Morgan fingerprint density at radius 3 is 1.24 bits per heavy atom. The third-order valence-electron chi connectivity index (χ3n) is 14.3. The number of quaternary nitrogens is 1. The largest absolute Gasteiger partial charge is 0.756 e. The number of allylic oxidation sites excluding steroid dienone is 7. The molecule has 10 heteroatoms. The fourth-order valence-corrected chi connectivity index (χ4v) is 10.00. The number of hydrogen-bond acceptors (Lipinski definition) is 7. The topological polar surface area (TPSA) is 114 Å². The Balaban J connectivity index is 5.12. The second-order valence-corrected chi connectivity index (χ2v) is 24.3. The van der Waals surface area contributed by atoms with E-state index in [1.807, 2.05) is 33.3 Å². The molecule has 3 atom stereocenters. The second kappa shape index (κ2) is 55.3. The first kappa shape index (κ1) is 73.0. The first-order valence-corrected chi connectivity index (χ1v) is 33.4. The van der Waals surface area contributed by atoms with E-state index in [0.29, 0.717) is 17.4 Å². The zero-order valence-corrected chi connectivity index (χ0v) is 51.2. The lowest BCUT2D eigenvalue weighted by molar-refractivity contribution is -0.870. The monoisotopic (exact) mass is 1070 g/mol. The van der Waals surface area contributed by atoms with Gasteiger partial charge in [0.25, 0.3) is 7.82 Å². The van der Waals surface area contributed by atoms with Crippen LogP contribution in [0, 0.1) is 0 Å².